The van der Waals surface area contributed by atoms with Gasteiger partial charge < -0.3 is 9.26 Å². The molecule has 0 N–H and O–H groups in total. The Labute approximate surface area is 177 Å². The number of aryl methyl sites for hydroxylation is 1. The smallest absolute Gasteiger partial charge is 0.431 e. The molecular formula is C21H15F4N3O4. The highest BCUT2D eigenvalue weighted by molar-refractivity contribution is 5.93. The van der Waals surface area contributed by atoms with Gasteiger partial charge in [0, 0.05) is 24.7 Å². The first-order valence-electron chi connectivity index (χ1n) is 9.17. The predicted octanol–water partition coefficient (Wildman–Crippen LogP) is 3.82. The lowest BCUT2D eigenvalue weighted by Gasteiger charge is -2.14. The van der Waals surface area contributed by atoms with E-state index in [-0.39, 0.29) is 21.6 Å². The summed E-state index contributed by atoms with van der Waals surface area (Å²) in [5, 5.41) is 4.21. The molecule has 0 aliphatic rings. The van der Waals surface area contributed by atoms with Crippen molar-refractivity contribution in [1.82, 2.24) is 14.3 Å². The molecule has 4 aromatic rings. The number of alkyl halides is 3. The molecule has 0 amide bonds. The highest BCUT2D eigenvalue weighted by Gasteiger charge is 2.35. The zero-order valence-corrected chi connectivity index (χ0v) is 17.0. The Hall–Kier alpha value is -3.89. The fraction of sp³-hybridized carbons (Fsp3) is 0.190. The van der Waals surface area contributed by atoms with E-state index in [2.05, 4.69) is 5.16 Å². The highest BCUT2D eigenvalue weighted by Crippen LogP contribution is 2.33. The Kier molecular flexibility index (Phi) is 4.91. The van der Waals surface area contributed by atoms with Gasteiger partial charge in [-0.3, -0.25) is 9.36 Å². The Morgan fingerprint density at radius 2 is 1.81 bits per heavy atom. The third-order valence-electron chi connectivity index (χ3n) is 5.06. The predicted molar refractivity (Wildman–Crippen MR) is 107 cm³/mol. The molecule has 0 spiro atoms. The van der Waals surface area contributed by atoms with Gasteiger partial charge in [0.15, 0.2) is 11.4 Å². The van der Waals surface area contributed by atoms with Gasteiger partial charge in [-0.25, -0.2) is 13.8 Å². The molecule has 0 saturated carbocycles. The molecule has 0 aliphatic carbocycles. The van der Waals surface area contributed by atoms with Crippen molar-refractivity contribution in [3.63, 3.8) is 0 Å². The van der Waals surface area contributed by atoms with Crippen LogP contribution in [0.1, 0.15) is 11.3 Å². The van der Waals surface area contributed by atoms with Gasteiger partial charge in [-0.1, -0.05) is 5.16 Å². The molecule has 0 fully saturated rings. The Bertz CT molecular complexity index is 1480. The van der Waals surface area contributed by atoms with Gasteiger partial charge >= 0.3 is 11.9 Å². The van der Waals surface area contributed by atoms with Gasteiger partial charge in [-0.15, -0.1) is 0 Å². The van der Waals surface area contributed by atoms with Crippen LogP contribution in [0.15, 0.2) is 50.5 Å². The second kappa shape index (κ2) is 7.36. The van der Waals surface area contributed by atoms with Gasteiger partial charge in [0.1, 0.15) is 17.1 Å². The monoisotopic (exact) mass is 449 g/mol. The number of nitrogens with zero attached hydrogens (tertiary/aromatic N) is 3. The average Bonchev–Trinajstić information content (AvgIpc) is 3.12. The van der Waals surface area contributed by atoms with Crippen LogP contribution in [-0.4, -0.2) is 21.4 Å². The highest BCUT2D eigenvalue weighted by atomic mass is 19.4. The lowest BCUT2D eigenvalue weighted by Crippen LogP contribution is -2.41. The average molecular weight is 449 g/mol. The summed E-state index contributed by atoms with van der Waals surface area (Å²) in [7, 11) is 2.37. The van der Waals surface area contributed by atoms with Gasteiger partial charge in [-0.2, -0.15) is 13.2 Å². The van der Waals surface area contributed by atoms with Crippen LogP contribution in [0.25, 0.3) is 27.9 Å². The topological polar surface area (TPSA) is 79.3 Å². The van der Waals surface area contributed by atoms with E-state index >= 15 is 0 Å². The van der Waals surface area contributed by atoms with Crippen LogP contribution in [0.4, 0.5) is 17.6 Å². The molecule has 0 aliphatic heterocycles. The van der Waals surface area contributed by atoms with E-state index in [4.69, 9.17) is 9.26 Å². The summed E-state index contributed by atoms with van der Waals surface area (Å²) in [6.45, 7) is 1.81. The number of hydrogen-bond donors (Lipinski definition) is 0. The normalized spacial score (nSPS) is 11.8. The van der Waals surface area contributed by atoms with Crippen molar-refractivity contribution in [1.29, 1.82) is 0 Å². The standard InChI is InChI=1S/C21H15F4N3O4/c1-10-6-11(4-5-15(10)31-3)19-12-7-14(13(22)8-16(12)32-26-19)28-18(29)9-17(21(23,24)25)27(2)20(28)30/h4-9H,1-3H3. The number of methoxy groups -OCH3 is 1. The van der Waals surface area contributed by atoms with Crippen LogP contribution in [-0.2, 0) is 13.2 Å². The second-order valence-corrected chi connectivity index (χ2v) is 7.06. The molecule has 4 rings (SSSR count). The minimum atomic E-state index is -4.93. The zero-order valence-electron chi connectivity index (χ0n) is 17.0. The minimum Gasteiger partial charge on any atom is -0.496 e. The first-order chi connectivity index (χ1) is 15.0. The molecule has 7 nitrogen and oxygen atoms in total. The molecule has 0 saturated heterocycles. The van der Waals surface area contributed by atoms with Crippen molar-refractivity contribution in [2.75, 3.05) is 7.11 Å². The SMILES string of the molecule is COc1ccc(-c2noc3cc(F)c(-n4c(=O)cc(C(F)(F)F)n(C)c4=O)cc23)cc1C. The van der Waals surface area contributed by atoms with E-state index in [1.165, 1.54) is 7.11 Å². The molecule has 0 radical (unpaired) electrons. The Morgan fingerprint density at radius 3 is 2.44 bits per heavy atom. The molecule has 2 aromatic heterocycles. The summed E-state index contributed by atoms with van der Waals surface area (Å²) in [6, 6.07) is 7.45. The summed E-state index contributed by atoms with van der Waals surface area (Å²) in [5.41, 5.74) is -2.92. The third-order valence-corrected chi connectivity index (χ3v) is 5.06. The maximum Gasteiger partial charge on any atom is 0.431 e. The number of fused-ring (bicyclic) bond motifs is 1. The summed E-state index contributed by atoms with van der Waals surface area (Å²) >= 11 is 0. The first-order valence-corrected chi connectivity index (χ1v) is 9.17. The van der Waals surface area contributed by atoms with E-state index in [1.807, 2.05) is 0 Å². The number of halogens is 4. The van der Waals surface area contributed by atoms with Crippen LogP contribution < -0.4 is 16.0 Å². The number of hydrogen-bond acceptors (Lipinski definition) is 5. The van der Waals surface area contributed by atoms with E-state index < -0.39 is 34.6 Å². The van der Waals surface area contributed by atoms with Crippen LogP contribution >= 0.6 is 0 Å². The molecule has 11 heteroatoms. The third kappa shape index (κ3) is 3.35. The lowest BCUT2D eigenvalue weighted by atomic mass is 10.0. The van der Waals surface area contributed by atoms with Crippen LogP contribution in [0.2, 0.25) is 0 Å². The molecule has 32 heavy (non-hydrogen) atoms. The minimum absolute atomic E-state index is 0.0338. The van der Waals surface area contributed by atoms with E-state index in [1.54, 1.807) is 25.1 Å². The van der Waals surface area contributed by atoms with E-state index in [9.17, 15) is 27.2 Å². The van der Waals surface area contributed by atoms with Crippen LogP contribution in [0, 0.1) is 12.7 Å². The number of benzene rings is 2. The van der Waals surface area contributed by atoms with Crippen LogP contribution in [0.5, 0.6) is 5.75 Å². The zero-order chi connectivity index (χ0) is 23.4. The van der Waals surface area contributed by atoms with E-state index in [0.29, 0.717) is 21.6 Å². The van der Waals surface area contributed by atoms with Crippen molar-refractivity contribution in [2.24, 2.45) is 7.05 Å². The van der Waals surface area contributed by atoms with Crippen molar-refractivity contribution in [2.45, 2.75) is 13.1 Å². The second-order valence-electron chi connectivity index (χ2n) is 7.06. The molecule has 0 bridgehead atoms. The van der Waals surface area contributed by atoms with Crippen molar-refractivity contribution >= 4 is 11.0 Å². The van der Waals surface area contributed by atoms with Gasteiger partial charge in [0.25, 0.3) is 5.56 Å². The number of aromatic nitrogens is 3. The van der Waals surface area contributed by atoms with E-state index in [0.717, 1.165) is 24.7 Å². The summed E-state index contributed by atoms with van der Waals surface area (Å²) < 4.78 is 65.1. The Balaban J connectivity index is 1.96. The summed E-state index contributed by atoms with van der Waals surface area (Å²) in [5.74, 6) is -0.404. The van der Waals surface area contributed by atoms with Gasteiger partial charge in [-0.05, 0) is 36.8 Å². The van der Waals surface area contributed by atoms with Crippen LogP contribution in [0.3, 0.4) is 0 Å². The first kappa shape index (κ1) is 21.3. The maximum atomic E-state index is 14.8. The largest absolute Gasteiger partial charge is 0.496 e. The van der Waals surface area contributed by atoms with Crippen molar-refractivity contribution < 1.29 is 26.8 Å². The summed E-state index contributed by atoms with van der Waals surface area (Å²) in [4.78, 5) is 24.9. The molecule has 166 valence electrons. The van der Waals surface area contributed by atoms with Gasteiger partial charge in [0.05, 0.1) is 18.2 Å². The van der Waals surface area contributed by atoms with Gasteiger partial charge in [0.2, 0.25) is 0 Å². The molecule has 0 unspecified atom stereocenters. The molecule has 2 heterocycles. The molecular weight excluding hydrogens is 434 g/mol. The fourth-order valence-electron chi connectivity index (χ4n) is 3.47. The van der Waals surface area contributed by atoms with Crippen molar-refractivity contribution in [3.05, 3.63) is 74.3 Å². The molecule has 0 atom stereocenters. The number of rotatable bonds is 3. The van der Waals surface area contributed by atoms with Crippen molar-refractivity contribution in [3.8, 4) is 22.7 Å². The Morgan fingerprint density at radius 1 is 1.09 bits per heavy atom. The quantitative estimate of drug-likeness (QED) is 0.445. The molecule has 2 aromatic carbocycles. The lowest BCUT2D eigenvalue weighted by molar-refractivity contribution is -0.144. The maximum absolute atomic E-state index is 14.8. The number of ether oxygens (including phenoxy) is 1. The summed E-state index contributed by atoms with van der Waals surface area (Å²) in [6.07, 6.45) is -4.93. The fourth-order valence-corrected chi connectivity index (χ4v) is 3.47.